The lowest BCUT2D eigenvalue weighted by molar-refractivity contribution is -0.143. The Bertz CT molecular complexity index is 235. The fraction of sp³-hybridized carbons (Fsp3) is 0.800. The third-order valence-electron chi connectivity index (χ3n) is 2.69. The van der Waals surface area contributed by atoms with Crippen molar-refractivity contribution in [2.24, 2.45) is 5.92 Å². The Hall–Kier alpha value is -1.08. The van der Waals surface area contributed by atoms with Gasteiger partial charge >= 0.3 is 5.97 Å². The summed E-state index contributed by atoms with van der Waals surface area (Å²) in [6.07, 6.45) is 4.01. The Morgan fingerprint density at radius 3 is 3.00 bits per heavy atom. The molecule has 14 heavy (non-hydrogen) atoms. The topological polar surface area (TPSA) is 73.1 Å². The van der Waals surface area contributed by atoms with Crippen LogP contribution in [0.2, 0.25) is 0 Å². The van der Waals surface area contributed by atoms with Crippen LogP contribution in [0.3, 0.4) is 0 Å². The SMILES string of the molecule is N#CCCNC1CCCC(C(=O)O)C1. The van der Waals surface area contributed by atoms with Gasteiger partial charge in [-0.3, -0.25) is 4.79 Å². The van der Waals surface area contributed by atoms with Gasteiger partial charge in [0.2, 0.25) is 0 Å². The molecule has 1 fully saturated rings. The minimum absolute atomic E-state index is 0.191. The highest BCUT2D eigenvalue weighted by atomic mass is 16.4. The number of rotatable bonds is 4. The van der Waals surface area contributed by atoms with E-state index in [4.69, 9.17) is 10.4 Å². The minimum atomic E-state index is -0.684. The first kappa shape index (κ1) is 11.0. The van der Waals surface area contributed by atoms with E-state index in [1.807, 2.05) is 0 Å². The lowest BCUT2D eigenvalue weighted by Gasteiger charge is -2.27. The van der Waals surface area contributed by atoms with Crippen molar-refractivity contribution >= 4 is 5.97 Å². The van der Waals surface area contributed by atoms with Gasteiger partial charge in [0.25, 0.3) is 0 Å². The Kier molecular flexibility index (Phi) is 4.41. The van der Waals surface area contributed by atoms with E-state index in [9.17, 15) is 4.79 Å². The maximum absolute atomic E-state index is 10.7. The molecule has 0 aromatic rings. The van der Waals surface area contributed by atoms with E-state index in [1.165, 1.54) is 0 Å². The number of nitrogens with zero attached hydrogens (tertiary/aromatic N) is 1. The molecule has 0 aromatic heterocycles. The van der Waals surface area contributed by atoms with Crippen molar-refractivity contribution < 1.29 is 9.90 Å². The molecule has 0 bridgehead atoms. The molecule has 0 radical (unpaired) electrons. The molecule has 0 saturated heterocycles. The molecule has 4 heteroatoms. The van der Waals surface area contributed by atoms with E-state index in [-0.39, 0.29) is 12.0 Å². The molecule has 4 nitrogen and oxygen atoms in total. The van der Waals surface area contributed by atoms with Gasteiger partial charge in [-0.2, -0.15) is 5.26 Å². The minimum Gasteiger partial charge on any atom is -0.481 e. The molecule has 2 N–H and O–H groups in total. The predicted octanol–water partition coefficient (Wildman–Crippen LogP) is 1.13. The van der Waals surface area contributed by atoms with Gasteiger partial charge in [-0.1, -0.05) is 6.42 Å². The van der Waals surface area contributed by atoms with Gasteiger partial charge < -0.3 is 10.4 Å². The number of hydrogen-bond donors (Lipinski definition) is 2. The van der Waals surface area contributed by atoms with Gasteiger partial charge in [0.15, 0.2) is 0 Å². The maximum Gasteiger partial charge on any atom is 0.306 e. The fourth-order valence-corrected chi connectivity index (χ4v) is 1.93. The highest BCUT2D eigenvalue weighted by Gasteiger charge is 2.26. The second-order valence-corrected chi connectivity index (χ2v) is 3.76. The number of hydrogen-bond acceptors (Lipinski definition) is 3. The number of nitrogens with one attached hydrogen (secondary N) is 1. The van der Waals surface area contributed by atoms with Crippen LogP contribution in [0.25, 0.3) is 0 Å². The van der Waals surface area contributed by atoms with Gasteiger partial charge in [-0.25, -0.2) is 0 Å². The van der Waals surface area contributed by atoms with Crippen LogP contribution in [-0.4, -0.2) is 23.7 Å². The van der Waals surface area contributed by atoms with Crippen molar-refractivity contribution in [2.75, 3.05) is 6.54 Å². The van der Waals surface area contributed by atoms with Gasteiger partial charge in [-0.05, 0) is 19.3 Å². The molecule has 78 valence electrons. The summed E-state index contributed by atoms with van der Waals surface area (Å²) in [5, 5.41) is 20.4. The van der Waals surface area contributed by atoms with Crippen LogP contribution in [0.5, 0.6) is 0 Å². The summed E-state index contributed by atoms with van der Waals surface area (Å²) >= 11 is 0. The highest BCUT2D eigenvalue weighted by Crippen LogP contribution is 2.24. The Morgan fingerprint density at radius 1 is 1.57 bits per heavy atom. The molecule has 1 aliphatic carbocycles. The lowest BCUT2D eigenvalue weighted by atomic mass is 9.86. The van der Waals surface area contributed by atoms with Crippen LogP contribution in [-0.2, 0) is 4.79 Å². The normalized spacial score (nSPS) is 26.8. The molecule has 0 heterocycles. The van der Waals surface area contributed by atoms with Crippen LogP contribution in [0, 0.1) is 17.2 Å². The summed E-state index contributed by atoms with van der Waals surface area (Å²) in [6, 6.07) is 2.35. The molecule has 1 aliphatic rings. The zero-order chi connectivity index (χ0) is 10.4. The van der Waals surface area contributed by atoms with Crippen LogP contribution in [0.1, 0.15) is 32.1 Å². The number of aliphatic carboxylic acids is 1. The van der Waals surface area contributed by atoms with Crippen LogP contribution in [0.4, 0.5) is 0 Å². The van der Waals surface area contributed by atoms with E-state index in [2.05, 4.69) is 11.4 Å². The largest absolute Gasteiger partial charge is 0.481 e. The van der Waals surface area contributed by atoms with Gasteiger partial charge in [-0.15, -0.1) is 0 Å². The van der Waals surface area contributed by atoms with Crippen molar-refractivity contribution in [3.8, 4) is 6.07 Å². The quantitative estimate of drug-likeness (QED) is 0.661. The zero-order valence-corrected chi connectivity index (χ0v) is 8.20. The first-order valence-electron chi connectivity index (χ1n) is 5.07. The summed E-state index contributed by atoms with van der Waals surface area (Å²) in [4.78, 5) is 10.7. The van der Waals surface area contributed by atoms with Gasteiger partial charge in [0, 0.05) is 19.0 Å². The number of carbonyl (C=O) groups is 1. The van der Waals surface area contributed by atoms with Gasteiger partial charge in [0.1, 0.15) is 0 Å². The molecule has 1 rings (SSSR count). The fourth-order valence-electron chi connectivity index (χ4n) is 1.93. The number of carboxylic acid groups (broad SMARTS) is 1. The summed E-state index contributed by atoms with van der Waals surface area (Å²) < 4.78 is 0. The lowest BCUT2D eigenvalue weighted by Crippen LogP contribution is -2.36. The van der Waals surface area contributed by atoms with E-state index in [1.54, 1.807) is 0 Å². The second kappa shape index (κ2) is 5.61. The maximum atomic E-state index is 10.7. The summed E-state index contributed by atoms with van der Waals surface area (Å²) in [5.41, 5.74) is 0. The number of nitriles is 1. The molecular formula is C10H16N2O2. The molecule has 1 saturated carbocycles. The van der Waals surface area contributed by atoms with E-state index in [0.29, 0.717) is 19.4 Å². The average Bonchev–Trinajstić information content (AvgIpc) is 2.19. The molecular weight excluding hydrogens is 180 g/mol. The monoisotopic (exact) mass is 196 g/mol. The van der Waals surface area contributed by atoms with Gasteiger partial charge in [0.05, 0.1) is 12.0 Å². The summed E-state index contributed by atoms with van der Waals surface area (Å²) in [6.45, 7) is 0.674. The van der Waals surface area contributed by atoms with Crippen molar-refractivity contribution in [2.45, 2.75) is 38.1 Å². The Balaban J connectivity index is 2.26. The smallest absolute Gasteiger partial charge is 0.306 e. The average molecular weight is 196 g/mol. The van der Waals surface area contributed by atoms with Crippen LogP contribution in [0.15, 0.2) is 0 Å². The van der Waals surface area contributed by atoms with Crippen molar-refractivity contribution in [1.82, 2.24) is 5.32 Å². The second-order valence-electron chi connectivity index (χ2n) is 3.76. The molecule has 0 amide bonds. The zero-order valence-electron chi connectivity index (χ0n) is 8.20. The highest BCUT2D eigenvalue weighted by molar-refractivity contribution is 5.70. The third-order valence-corrected chi connectivity index (χ3v) is 2.69. The molecule has 2 atom stereocenters. The van der Waals surface area contributed by atoms with E-state index < -0.39 is 5.97 Å². The first-order chi connectivity index (χ1) is 6.74. The third kappa shape index (κ3) is 3.35. The van der Waals surface area contributed by atoms with Crippen molar-refractivity contribution in [3.63, 3.8) is 0 Å². The summed E-state index contributed by atoms with van der Waals surface area (Å²) in [5.74, 6) is -0.875. The molecule has 2 unspecified atom stereocenters. The molecule has 0 aliphatic heterocycles. The van der Waals surface area contributed by atoms with E-state index >= 15 is 0 Å². The summed E-state index contributed by atoms with van der Waals surface area (Å²) in [7, 11) is 0. The van der Waals surface area contributed by atoms with Crippen molar-refractivity contribution in [1.29, 1.82) is 5.26 Å². The molecule has 0 spiro atoms. The predicted molar refractivity (Wildman–Crippen MR) is 51.6 cm³/mol. The standard InChI is InChI=1S/C10H16N2O2/c11-5-2-6-12-9-4-1-3-8(7-9)10(13)14/h8-9,12H,1-4,6-7H2,(H,13,14). The first-order valence-corrected chi connectivity index (χ1v) is 5.07. The van der Waals surface area contributed by atoms with Crippen LogP contribution < -0.4 is 5.32 Å². The molecule has 0 aromatic carbocycles. The van der Waals surface area contributed by atoms with Crippen molar-refractivity contribution in [3.05, 3.63) is 0 Å². The van der Waals surface area contributed by atoms with Crippen LogP contribution >= 0.6 is 0 Å². The number of carboxylic acids is 1. The Morgan fingerprint density at radius 2 is 2.36 bits per heavy atom. The Labute approximate surface area is 83.9 Å². The van der Waals surface area contributed by atoms with E-state index in [0.717, 1.165) is 19.3 Å².